The van der Waals surface area contributed by atoms with E-state index >= 15 is 0 Å². The molecule has 0 spiro atoms. The maximum atomic E-state index is 12.1. The first-order valence-electron chi connectivity index (χ1n) is 7.63. The summed E-state index contributed by atoms with van der Waals surface area (Å²) >= 11 is 0. The third-order valence-corrected chi connectivity index (χ3v) is 4.73. The molecule has 1 heterocycles. The molecule has 1 fully saturated rings. The van der Waals surface area contributed by atoms with Crippen molar-refractivity contribution in [2.45, 2.75) is 44.4 Å². The van der Waals surface area contributed by atoms with E-state index in [9.17, 15) is 4.79 Å². The molecular weight excluding hydrogens is 234 g/mol. The Morgan fingerprint density at radius 1 is 1.21 bits per heavy atom. The predicted octanol–water partition coefficient (Wildman–Crippen LogP) is 3.07. The van der Waals surface area contributed by atoms with E-state index in [4.69, 9.17) is 0 Å². The first-order valence-corrected chi connectivity index (χ1v) is 7.63. The number of benzene rings is 1. The molecule has 1 aliphatic heterocycles. The fourth-order valence-electron chi connectivity index (χ4n) is 3.46. The fraction of sp³-hybridized carbons (Fsp3) is 0.588. The summed E-state index contributed by atoms with van der Waals surface area (Å²) < 4.78 is 0. The molecule has 0 radical (unpaired) electrons. The Kier molecular flexibility index (Phi) is 3.97. The van der Waals surface area contributed by atoms with E-state index < -0.39 is 0 Å². The number of ketones is 1. The monoisotopic (exact) mass is 257 g/mol. The predicted molar refractivity (Wildman–Crippen MR) is 77.3 cm³/mol. The molecule has 1 atom stereocenters. The number of hydrogen-bond acceptors (Lipinski definition) is 2. The van der Waals surface area contributed by atoms with Crippen molar-refractivity contribution in [1.29, 1.82) is 0 Å². The first-order chi connectivity index (χ1) is 9.33. The van der Waals surface area contributed by atoms with Gasteiger partial charge < -0.3 is 5.32 Å². The van der Waals surface area contributed by atoms with Crippen LogP contribution in [0.4, 0.5) is 0 Å². The molecule has 1 saturated heterocycles. The summed E-state index contributed by atoms with van der Waals surface area (Å²) in [5.74, 6) is 1.76. The lowest BCUT2D eigenvalue weighted by Crippen LogP contribution is -2.28. The van der Waals surface area contributed by atoms with Gasteiger partial charge in [-0.3, -0.25) is 4.79 Å². The Bertz CT molecular complexity index is 448. The van der Waals surface area contributed by atoms with Crippen molar-refractivity contribution in [2.24, 2.45) is 5.92 Å². The summed E-state index contributed by atoms with van der Waals surface area (Å²) in [6.45, 7) is 2.27. The van der Waals surface area contributed by atoms with Crippen molar-refractivity contribution in [3.8, 4) is 0 Å². The molecule has 0 saturated carbocycles. The zero-order valence-corrected chi connectivity index (χ0v) is 11.5. The van der Waals surface area contributed by atoms with Crippen LogP contribution < -0.4 is 5.32 Å². The average Bonchev–Trinajstić information content (AvgIpc) is 2.44. The van der Waals surface area contributed by atoms with Crippen LogP contribution in [0.3, 0.4) is 0 Å². The lowest BCUT2D eigenvalue weighted by atomic mass is 9.74. The molecule has 3 rings (SSSR count). The molecule has 1 aromatic rings. The van der Waals surface area contributed by atoms with Crippen LogP contribution in [0.15, 0.2) is 24.3 Å². The van der Waals surface area contributed by atoms with Crippen molar-refractivity contribution in [1.82, 2.24) is 5.32 Å². The van der Waals surface area contributed by atoms with Crippen LogP contribution in [0, 0.1) is 5.92 Å². The molecule has 102 valence electrons. The average molecular weight is 257 g/mol. The van der Waals surface area contributed by atoms with E-state index in [1.807, 2.05) is 0 Å². The molecule has 0 bridgehead atoms. The molecule has 1 aromatic carbocycles. The summed E-state index contributed by atoms with van der Waals surface area (Å²) in [5, 5.41) is 3.38. The lowest BCUT2D eigenvalue weighted by Gasteiger charge is -2.29. The minimum atomic E-state index is 0.470. The van der Waals surface area contributed by atoms with Gasteiger partial charge in [0.2, 0.25) is 0 Å². The van der Waals surface area contributed by atoms with Gasteiger partial charge in [0.1, 0.15) is 5.78 Å². The quantitative estimate of drug-likeness (QED) is 0.878. The van der Waals surface area contributed by atoms with E-state index in [2.05, 4.69) is 29.6 Å². The van der Waals surface area contributed by atoms with E-state index in [1.54, 1.807) is 0 Å². The van der Waals surface area contributed by atoms with Gasteiger partial charge in [-0.15, -0.1) is 0 Å². The van der Waals surface area contributed by atoms with Gasteiger partial charge in [-0.2, -0.15) is 0 Å². The number of rotatable bonds is 5. The summed E-state index contributed by atoms with van der Waals surface area (Å²) in [6, 6.07) is 8.55. The highest BCUT2D eigenvalue weighted by molar-refractivity contribution is 5.79. The molecule has 2 nitrogen and oxygen atoms in total. The number of fused-ring (bicyclic) bond motifs is 1. The van der Waals surface area contributed by atoms with Gasteiger partial charge in [-0.1, -0.05) is 24.3 Å². The largest absolute Gasteiger partial charge is 0.317 e. The lowest BCUT2D eigenvalue weighted by molar-refractivity contribution is -0.119. The van der Waals surface area contributed by atoms with Crippen LogP contribution in [-0.2, 0) is 11.2 Å². The van der Waals surface area contributed by atoms with E-state index in [0.29, 0.717) is 11.7 Å². The fourth-order valence-corrected chi connectivity index (χ4v) is 3.46. The van der Waals surface area contributed by atoms with Gasteiger partial charge in [-0.25, -0.2) is 0 Å². The molecule has 0 aromatic heterocycles. The number of Topliss-reactive ketones (excluding diaryl/α,β-unsaturated/α-hetero) is 1. The number of hydrogen-bond donors (Lipinski definition) is 1. The standard InChI is InChI=1S/C17H23NO/c19-16(6-5-13-7-9-18-10-8-13)12-15-11-14-3-1-2-4-17(14)15/h1-4,13,15,18H,5-12H2. The van der Waals surface area contributed by atoms with Crippen LogP contribution in [0.25, 0.3) is 0 Å². The summed E-state index contributed by atoms with van der Waals surface area (Å²) in [5.41, 5.74) is 2.86. The van der Waals surface area contributed by atoms with E-state index in [-0.39, 0.29) is 0 Å². The highest BCUT2D eigenvalue weighted by Gasteiger charge is 2.27. The summed E-state index contributed by atoms with van der Waals surface area (Å²) in [4.78, 5) is 12.1. The van der Waals surface area contributed by atoms with E-state index in [1.165, 1.54) is 24.0 Å². The summed E-state index contributed by atoms with van der Waals surface area (Å²) in [7, 11) is 0. The van der Waals surface area contributed by atoms with Gasteiger partial charge in [0.25, 0.3) is 0 Å². The van der Waals surface area contributed by atoms with Crippen LogP contribution in [-0.4, -0.2) is 18.9 Å². The third kappa shape index (κ3) is 3.06. The molecule has 1 aliphatic carbocycles. The highest BCUT2D eigenvalue weighted by atomic mass is 16.1. The van der Waals surface area contributed by atoms with Crippen molar-refractivity contribution in [3.05, 3.63) is 35.4 Å². The second-order valence-corrected chi connectivity index (χ2v) is 6.07. The molecule has 1 unspecified atom stereocenters. The number of carbonyl (C=O) groups is 1. The zero-order valence-electron chi connectivity index (χ0n) is 11.5. The Labute approximate surface area is 115 Å². The van der Waals surface area contributed by atoms with E-state index in [0.717, 1.165) is 44.7 Å². The Morgan fingerprint density at radius 3 is 2.79 bits per heavy atom. The van der Waals surface area contributed by atoms with Gasteiger partial charge in [0.05, 0.1) is 0 Å². The Hall–Kier alpha value is -1.15. The molecule has 0 amide bonds. The molecular formula is C17H23NO. The van der Waals surface area contributed by atoms with Crippen LogP contribution in [0.1, 0.15) is 49.1 Å². The number of carbonyl (C=O) groups excluding carboxylic acids is 1. The van der Waals surface area contributed by atoms with Crippen LogP contribution in [0.5, 0.6) is 0 Å². The highest BCUT2D eigenvalue weighted by Crippen LogP contribution is 2.37. The minimum Gasteiger partial charge on any atom is -0.317 e. The maximum absolute atomic E-state index is 12.1. The number of piperidine rings is 1. The van der Waals surface area contributed by atoms with Crippen molar-refractivity contribution in [2.75, 3.05) is 13.1 Å². The summed E-state index contributed by atoms with van der Waals surface area (Å²) in [6.07, 6.45) is 6.27. The van der Waals surface area contributed by atoms with Crippen molar-refractivity contribution < 1.29 is 4.79 Å². The molecule has 19 heavy (non-hydrogen) atoms. The molecule has 2 heteroatoms. The smallest absolute Gasteiger partial charge is 0.133 e. The van der Waals surface area contributed by atoms with Gasteiger partial charge >= 0.3 is 0 Å². The normalized spacial score (nSPS) is 22.6. The second kappa shape index (κ2) is 5.87. The van der Waals surface area contributed by atoms with Gasteiger partial charge in [0, 0.05) is 12.8 Å². The number of nitrogens with one attached hydrogen (secondary N) is 1. The Morgan fingerprint density at radius 2 is 2.00 bits per heavy atom. The van der Waals surface area contributed by atoms with Crippen LogP contribution >= 0.6 is 0 Å². The molecule has 1 N–H and O–H groups in total. The topological polar surface area (TPSA) is 29.1 Å². The minimum absolute atomic E-state index is 0.470. The SMILES string of the molecule is O=C(CCC1CCNCC1)CC1Cc2ccccc21. The zero-order chi connectivity index (χ0) is 13.1. The third-order valence-electron chi connectivity index (χ3n) is 4.73. The first kappa shape index (κ1) is 12.9. The van der Waals surface area contributed by atoms with Crippen molar-refractivity contribution >= 4 is 5.78 Å². The van der Waals surface area contributed by atoms with Crippen LogP contribution in [0.2, 0.25) is 0 Å². The van der Waals surface area contributed by atoms with Crippen molar-refractivity contribution in [3.63, 3.8) is 0 Å². The molecule has 2 aliphatic rings. The maximum Gasteiger partial charge on any atom is 0.133 e. The van der Waals surface area contributed by atoms with Gasteiger partial charge in [0.15, 0.2) is 0 Å². The second-order valence-electron chi connectivity index (χ2n) is 6.07. The van der Waals surface area contributed by atoms with Gasteiger partial charge in [-0.05, 0) is 61.7 Å². The Balaban J connectivity index is 1.43.